The number of benzene rings is 1. The van der Waals surface area contributed by atoms with Gasteiger partial charge in [0.15, 0.2) is 0 Å². The molecule has 2 aliphatic rings. The van der Waals surface area contributed by atoms with Crippen molar-refractivity contribution < 1.29 is 14.4 Å². The van der Waals surface area contributed by atoms with Crippen molar-refractivity contribution in [1.82, 2.24) is 5.06 Å². The quantitative estimate of drug-likeness (QED) is 0.767. The van der Waals surface area contributed by atoms with Crippen LogP contribution >= 0.6 is 0 Å². The highest BCUT2D eigenvalue weighted by molar-refractivity contribution is 6.20. The van der Waals surface area contributed by atoms with Crippen molar-refractivity contribution in [3.8, 4) is 0 Å². The van der Waals surface area contributed by atoms with Crippen LogP contribution in [0.4, 0.5) is 0 Å². The molecule has 2 amide bonds. The van der Waals surface area contributed by atoms with Gasteiger partial charge in [-0.15, -0.1) is 5.06 Å². The van der Waals surface area contributed by atoms with Crippen LogP contribution < -0.4 is 0 Å². The van der Waals surface area contributed by atoms with Gasteiger partial charge in [0.2, 0.25) is 0 Å². The van der Waals surface area contributed by atoms with E-state index in [1.54, 1.807) is 24.3 Å². The molecule has 3 rings (SSSR count). The van der Waals surface area contributed by atoms with Crippen molar-refractivity contribution in [1.29, 1.82) is 0 Å². The second kappa shape index (κ2) is 4.46. The summed E-state index contributed by atoms with van der Waals surface area (Å²) in [5, 5.41) is 0.954. The Bertz CT molecular complexity index is 497. The van der Waals surface area contributed by atoms with Gasteiger partial charge in [-0.25, -0.2) is 0 Å². The summed E-state index contributed by atoms with van der Waals surface area (Å²) in [6.45, 7) is 1.98. The largest absolute Gasteiger partial charge is 0.285 e. The first kappa shape index (κ1) is 12.4. The van der Waals surface area contributed by atoms with Gasteiger partial charge in [-0.3, -0.25) is 14.4 Å². The predicted molar refractivity (Wildman–Crippen MR) is 69.5 cm³/mol. The first-order valence-corrected chi connectivity index (χ1v) is 6.78. The molecular weight excluding hydrogens is 242 g/mol. The normalized spacial score (nSPS) is 21.6. The fourth-order valence-electron chi connectivity index (χ4n) is 2.86. The number of carbonyl (C=O) groups is 2. The lowest BCUT2D eigenvalue weighted by Gasteiger charge is -2.35. The van der Waals surface area contributed by atoms with Crippen LogP contribution in [-0.4, -0.2) is 22.5 Å². The molecule has 0 radical (unpaired) electrons. The number of amides is 2. The van der Waals surface area contributed by atoms with E-state index in [-0.39, 0.29) is 11.8 Å². The summed E-state index contributed by atoms with van der Waals surface area (Å²) in [7, 11) is 0. The predicted octanol–water partition coefficient (Wildman–Crippen LogP) is 2.94. The number of fused-ring (bicyclic) bond motifs is 1. The van der Waals surface area contributed by atoms with Crippen LogP contribution in [0.3, 0.4) is 0 Å². The van der Waals surface area contributed by atoms with Gasteiger partial charge in [0.05, 0.1) is 16.7 Å². The van der Waals surface area contributed by atoms with E-state index >= 15 is 0 Å². The van der Waals surface area contributed by atoms with Crippen LogP contribution in [-0.2, 0) is 4.84 Å². The van der Waals surface area contributed by atoms with E-state index in [0.29, 0.717) is 11.1 Å². The Morgan fingerprint density at radius 3 is 2.05 bits per heavy atom. The Balaban J connectivity index is 1.84. The minimum atomic E-state index is -0.397. The van der Waals surface area contributed by atoms with Crippen molar-refractivity contribution >= 4 is 11.8 Å². The summed E-state index contributed by atoms with van der Waals surface area (Å²) in [4.78, 5) is 30.2. The molecule has 1 aliphatic heterocycles. The smallest absolute Gasteiger partial charge is 0.266 e. The van der Waals surface area contributed by atoms with Crippen LogP contribution in [0.5, 0.6) is 0 Å². The number of imide groups is 1. The van der Waals surface area contributed by atoms with E-state index in [1.807, 2.05) is 6.92 Å². The second-order valence-electron chi connectivity index (χ2n) is 5.55. The summed E-state index contributed by atoms with van der Waals surface area (Å²) in [5.74, 6) is -0.681. The molecule has 0 bridgehead atoms. The number of carbonyl (C=O) groups excluding carboxylic acids is 2. The molecule has 1 fully saturated rings. The summed E-state index contributed by atoms with van der Waals surface area (Å²) >= 11 is 0. The maximum Gasteiger partial charge on any atom is 0.285 e. The number of hydrogen-bond acceptors (Lipinski definition) is 3. The van der Waals surface area contributed by atoms with Crippen molar-refractivity contribution in [3.05, 3.63) is 35.4 Å². The minimum Gasteiger partial charge on any atom is -0.266 e. The highest BCUT2D eigenvalue weighted by Crippen LogP contribution is 2.34. The highest BCUT2D eigenvalue weighted by atomic mass is 16.7. The zero-order valence-corrected chi connectivity index (χ0v) is 11.0. The van der Waals surface area contributed by atoms with Gasteiger partial charge in [-0.2, -0.15) is 0 Å². The van der Waals surface area contributed by atoms with Crippen LogP contribution in [0.25, 0.3) is 0 Å². The molecule has 4 heteroatoms. The third-order valence-corrected chi connectivity index (χ3v) is 3.98. The Morgan fingerprint density at radius 1 is 1.00 bits per heavy atom. The van der Waals surface area contributed by atoms with E-state index in [9.17, 15) is 9.59 Å². The van der Waals surface area contributed by atoms with Gasteiger partial charge in [-0.1, -0.05) is 31.4 Å². The van der Waals surface area contributed by atoms with Gasteiger partial charge in [0.25, 0.3) is 11.8 Å². The van der Waals surface area contributed by atoms with E-state index in [0.717, 1.165) is 30.7 Å². The number of hydrogen-bond donors (Lipinski definition) is 0. The molecular formula is C15H17NO3. The van der Waals surface area contributed by atoms with Crippen molar-refractivity contribution in [2.24, 2.45) is 0 Å². The van der Waals surface area contributed by atoms with E-state index in [2.05, 4.69) is 0 Å². The lowest BCUT2D eigenvalue weighted by molar-refractivity contribution is -0.192. The number of hydroxylamine groups is 2. The molecule has 0 atom stereocenters. The molecule has 1 aromatic rings. The fourth-order valence-corrected chi connectivity index (χ4v) is 2.86. The van der Waals surface area contributed by atoms with Gasteiger partial charge >= 0.3 is 0 Å². The summed E-state index contributed by atoms with van der Waals surface area (Å²) in [6, 6.07) is 6.86. The summed E-state index contributed by atoms with van der Waals surface area (Å²) < 4.78 is 0. The zero-order valence-electron chi connectivity index (χ0n) is 11.0. The third kappa shape index (κ3) is 2.06. The van der Waals surface area contributed by atoms with Gasteiger partial charge in [-0.05, 0) is 31.9 Å². The molecule has 1 aromatic carbocycles. The van der Waals surface area contributed by atoms with Crippen LogP contribution in [0.15, 0.2) is 24.3 Å². The Morgan fingerprint density at radius 2 is 1.53 bits per heavy atom. The van der Waals surface area contributed by atoms with Gasteiger partial charge < -0.3 is 0 Å². The number of nitrogens with zero attached hydrogens (tertiary/aromatic N) is 1. The highest BCUT2D eigenvalue weighted by Gasteiger charge is 2.41. The Hall–Kier alpha value is -1.68. The Kier molecular flexibility index (Phi) is 2.90. The molecule has 0 N–H and O–H groups in total. The summed E-state index contributed by atoms with van der Waals surface area (Å²) in [6.07, 6.45) is 5.14. The molecule has 100 valence electrons. The van der Waals surface area contributed by atoms with Gasteiger partial charge in [0, 0.05) is 0 Å². The summed E-state index contributed by atoms with van der Waals surface area (Å²) in [5.41, 5.74) is 0.477. The SMILES string of the molecule is CC1(ON2C(=O)c3ccccc3C2=O)CCCCC1. The average molecular weight is 259 g/mol. The first-order valence-electron chi connectivity index (χ1n) is 6.78. The van der Waals surface area contributed by atoms with Crippen LogP contribution in [0, 0.1) is 0 Å². The van der Waals surface area contributed by atoms with Crippen molar-refractivity contribution in [2.75, 3.05) is 0 Å². The average Bonchev–Trinajstić information content (AvgIpc) is 2.65. The van der Waals surface area contributed by atoms with Gasteiger partial charge in [0.1, 0.15) is 0 Å². The molecule has 19 heavy (non-hydrogen) atoms. The maximum absolute atomic E-state index is 12.2. The fraction of sp³-hybridized carbons (Fsp3) is 0.467. The minimum absolute atomic E-state index is 0.340. The molecule has 1 aliphatic carbocycles. The molecule has 1 saturated carbocycles. The van der Waals surface area contributed by atoms with E-state index in [4.69, 9.17) is 4.84 Å². The van der Waals surface area contributed by atoms with Crippen molar-refractivity contribution in [3.63, 3.8) is 0 Å². The molecule has 0 saturated heterocycles. The molecule has 0 unspecified atom stereocenters. The second-order valence-corrected chi connectivity index (χ2v) is 5.55. The monoisotopic (exact) mass is 259 g/mol. The first-order chi connectivity index (χ1) is 9.11. The Labute approximate surface area is 112 Å². The van der Waals surface area contributed by atoms with Crippen LogP contribution in [0.2, 0.25) is 0 Å². The third-order valence-electron chi connectivity index (χ3n) is 3.98. The lowest BCUT2D eigenvalue weighted by Crippen LogP contribution is -2.42. The topological polar surface area (TPSA) is 46.6 Å². The lowest BCUT2D eigenvalue weighted by atomic mass is 9.86. The van der Waals surface area contributed by atoms with E-state index in [1.165, 1.54) is 6.42 Å². The standard InChI is InChI=1S/C15H17NO3/c1-15(9-5-2-6-10-15)19-16-13(17)11-7-3-4-8-12(11)14(16)18/h3-4,7-8H,2,5-6,9-10H2,1H3. The maximum atomic E-state index is 12.2. The molecule has 0 aromatic heterocycles. The van der Waals surface area contributed by atoms with E-state index < -0.39 is 5.60 Å². The van der Waals surface area contributed by atoms with Crippen molar-refractivity contribution in [2.45, 2.75) is 44.6 Å². The number of rotatable bonds is 2. The molecule has 4 nitrogen and oxygen atoms in total. The molecule has 0 spiro atoms. The zero-order chi connectivity index (χ0) is 13.5. The molecule has 1 heterocycles. The van der Waals surface area contributed by atoms with Crippen LogP contribution in [0.1, 0.15) is 59.7 Å².